The Morgan fingerprint density at radius 3 is 2.39 bits per heavy atom. The van der Waals surface area contributed by atoms with Gasteiger partial charge in [-0.05, 0) is 42.3 Å². The number of hydrogen-bond acceptors (Lipinski definition) is 8. The third-order valence-electron chi connectivity index (χ3n) is 4.49. The van der Waals surface area contributed by atoms with E-state index in [2.05, 4.69) is 15.1 Å². The Labute approximate surface area is 183 Å². The highest BCUT2D eigenvalue weighted by atomic mass is 35.5. The van der Waals surface area contributed by atoms with Crippen molar-refractivity contribution in [3.63, 3.8) is 0 Å². The van der Waals surface area contributed by atoms with E-state index in [-0.39, 0.29) is 24.7 Å². The van der Waals surface area contributed by atoms with Crippen molar-refractivity contribution in [1.82, 2.24) is 0 Å². The molecule has 2 aromatic carbocycles. The van der Waals surface area contributed by atoms with Gasteiger partial charge in [0.1, 0.15) is 0 Å². The van der Waals surface area contributed by atoms with Crippen molar-refractivity contribution in [3.05, 3.63) is 80.9 Å². The van der Waals surface area contributed by atoms with Crippen LogP contribution in [-0.4, -0.2) is 33.3 Å². The lowest BCUT2D eigenvalue weighted by molar-refractivity contribution is -0.757. The van der Waals surface area contributed by atoms with Gasteiger partial charge in [-0.1, -0.05) is 35.9 Å². The molecule has 0 fully saturated rings. The van der Waals surface area contributed by atoms with Crippen molar-refractivity contribution in [2.24, 2.45) is 15.4 Å². The van der Waals surface area contributed by atoms with Gasteiger partial charge in [-0.25, -0.2) is 13.6 Å². The summed E-state index contributed by atoms with van der Waals surface area (Å²) in [5.41, 5.74) is 1.05. The van der Waals surface area contributed by atoms with Crippen LogP contribution in [0.1, 0.15) is 17.5 Å². The number of hydrogen-bond donors (Lipinski definition) is 1. The molecule has 0 amide bonds. The van der Waals surface area contributed by atoms with Crippen molar-refractivity contribution in [1.29, 1.82) is 0 Å². The van der Waals surface area contributed by atoms with Crippen LogP contribution in [0.4, 0.5) is 0 Å². The third-order valence-corrected chi connectivity index (χ3v) is 5.67. The molecule has 0 aromatic heterocycles. The number of rotatable bonds is 10. The van der Waals surface area contributed by atoms with E-state index in [1.165, 1.54) is 12.1 Å². The molecule has 3 rings (SSSR count). The molecule has 0 bridgehead atoms. The maximum absolute atomic E-state index is 11.6. The van der Waals surface area contributed by atoms with Gasteiger partial charge in [0, 0.05) is 17.2 Å². The van der Waals surface area contributed by atoms with E-state index in [4.69, 9.17) is 21.5 Å². The maximum atomic E-state index is 11.6. The first-order valence-corrected chi connectivity index (χ1v) is 11.0. The van der Waals surface area contributed by atoms with Crippen molar-refractivity contribution < 1.29 is 23.1 Å². The fourth-order valence-corrected chi connectivity index (χ4v) is 3.59. The van der Waals surface area contributed by atoms with Crippen LogP contribution in [0.3, 0.4) is 0 Å². The average molecular weight is 467 g/mol. The van der Waals surface area contributed by atoms with Crippen LogP contribution in [0.25, 0.3) is 5.70 Å². The lowest BCUT2D eigenvalue weighted by Gasteiger charge is -2.23. The fourth-order valence-electron chi connectivity index (χ4n) is 2.94. The zero-order valence-corrected chi connectivity index (χ0v) is 17.8. The molecule has 0 aliphatic carbocycles. The Morgan fingerprint density at radius 2 is 1.77 bits per heavy atom. The van der Waals surface area contributed by atoms with Crippen molar-refractivity contribution in [2.75, 3.05) is 19.8 Å². The molecule has 1 aliphatic rings. The van der Waals surface area contributed by atoms with Gasteiger partial charge in [-0.15, -0.1) is 10.1 Å². The van der Waals surface area contributed by atoms with E-state index >= 15 is 0 Å². The first-order valence-electron chi connectivity index (χ1n) is 9.10. The summed E-state index contributed by atoms with van der Waals surface area (Å²) >= 11 is 5.95. The molecular formula is C19H19ClN4O6S. The van der Waals surface area contributed by atoms with Crippen LogP contribution in [0, 0.1) is 10.1 Å². The Kier molecular flexibility index (Phi) is 7.01. The largest absolute Gasteiger partial charge is 0.378 e. The second kappa shape index (κ2) is 9.52. The van der Waals surface area contributed by atoms with E-state index in [1.807, 2.05) is 18.2 Å². The molecule has 1 aliphatic heterocycles. The number of halogens is 1. The Hall–Kier alpha value is -2.86. The molecule has 1 heterocycles. The van der Waals surface area contributed by atoms with Gasteiger partial charge < -0.3 is 9.57 Å². The summed E-state index contributed by atoms with van der Waals surface area (Å²) in [6.45, 7) is 0.196. The van der Waals surface area contributed by atoms with Crippen molar-refractivity contribution >= 4 is 27.3 Å². The fraction of sp³-hybridized carbons (Fsp3) is 0.263. The monoisotopic (exact) mass is 466 g/mol. The average Bonchev–Trinajstić information content (AvgIpc) is 3.16. The number of nitrogens with zero attached hydrogens (tertiary/aromatic N) is 3. The van der Waals surface area contributed by atoms with E-state index in [0.717, 1.165) is 5.56 Å². The Balaban J connectivity index is 1.83. The van der Waals surface area contributed by atoms with Gasteiger partial charge in [0.25, 0.3) is 5.09 Å². The van der Waals surface area contributed by atoms with Crippen LogP contribution in [0.5, 0.6) is 0 Å². The minimum absolute atomic E-state index is 0.0268. The number of primary sulfonamides is 1. The minimum Gasteiger partial charge on any atom is -0.378 e. The summed E-state index contributed by atoms with van der Waals surface area (Å²) in [6.07, 6.45) is 2.13. The number of nitrogens with two attached hydrogens (primary N) is 1. The molecule has 1 unspecified atom stereocenters. The highest BCUT2D eigenvalue weighted by Crippen LogP contribution is 2.38. The summed E-state index contributed by atoms with van der Waals surface area (Å²) < 4.78 is 28.8. The van der Waals surface area contributed by atoms with Crippen LogP contribution in [0.15, 0.2) is 69.7 Å². The maximum Gasteiger partial charge on any atom is 0.294 e. The van der Waals surface area contributed by atoms with E-state index in [0.29, 0.717) is 22.7 Å². The second-order valence-electron chi connectivity index (χ2n) is 6.69. The zero-order valence-electron chi connectivity index (χ0n) is 16.2. The van der Waals surface area contributed by atoms with Gasteiger partial charge >= 0.3 is 0 Å². The topological polar surface area (TPSA) is 146 Å². The third kappa shape index (κ3) is 5.85. The van der Waals surface area contributed by atoms with Gasteiger partial charge in [0.15, 0.2) is 5.54 Å². The van der Waals surface area contributed by atoms with E-state index < -0.39 is 20.6 Å². The highest BCUT2D eigenvalue weighted by molar-refractivity contribution is 7.89. The molecule has 0 saturated carbocycles. The molecule has 0 radical (unpaired) electrons. The zero-order chi connectivity index (χ0) is 22.5. The van der Waals surface area contributed by atoms with Crippen LogP contribution >= 0.6 is 11.6 Å². The molecular weight excluding hydrogens is 448 g/mol. The van der Waals surface area contributed by atoms with Gasteiger partial charge in [0.2, 0.25) is 10.0 Å². The lowest BCUT2D eigenvalue weighted by Crippen LogP contribution is -2.27. The smallest absolute Gasteiger partial charge is 0.294 e. The summed E-state index contributed by atoms with van der Waals surface area (Å²) in [7, 11) is -3.84. The van der Waals surface area contributed by atoms with Crippen LogP contribution < -0.4 is 5.14 Å². The molecule has 12 heteroatoms. The van der Waals surface area contributed by atoms with Crippen molar-refractivity contribution in [3.8, 4) is 0 Å². The summed E-state index contributed by atoms with van der Waals surface area (Å²) in [6, 6.07) is 13.1. The Bertz CT molecular complexity index is 1100. The first kappa shape index (κ1) is 22.8. The van der Waals surface area contributed by atoms with Crippen LogP contribution in [-0.2, 0) is 25.1 Å². The molecule has 2 N–H and O–H groups in total. The first-order chi connectivity index (χ1) is 14.7. The summed E-state index contributed by atoms with van der Waals surface area (Å²) in [5, 5.41) is 23.8. The standard InChI is InChI=1S/C19H19ClN4O6S/c20-16-6-2-14(3-7-16)18-12-19(23-22-18,13-29-10-1-11-30-24(25)26)15-4-8-17(9-5-15)31(21,27)28/h2-9,12H,1,10-11,13H2,(H2,21,27,28). The van der Waals surface area contributed by atoms with Gasteiger partial charge in [-0.2, -0.15) is 10.2 Å². The van der Waals surface area contributed by atoms with Crippen molar-refractivity contribution in [2.45, 2.75) is 16.9 Å². The molecule has 31 heavy (non-hydrogen) atoms. The normalized spacial score (nSPS) is 18.1. The number of benzene rings is 2. The van der Waals surface area contributed by atoms with E-state index in [9.17, 15) is 18.5 Å². The van der Waals surface area contributed by atoms with Crippen LogP contribution in [0.2, 0.25) is 5.02 Å². The highest BCUT2D eigenvalue weighted by Gasteiger charge is 2.35. The van der Waals surface area contributed by atoms with Gasteiger partial charge in [0.05, 0.1) is 23.8 Å². The molecule has 1 atom stereocenters. The quantitative estimate of drug-likeness (QED) is 0.323. The second-order valence-corrected chi connectivity index (χ2v) is 8.69. The Morgan fingerprint density at radius 1 is 1.10 bits per heavy atom. The lowest BCUT2D eigenvalue weighted by atomic mass is 9.90. The number of ether oxygens (including phenoxy) is 1. The van der Waals surface area contributed by atoms with E-state index in [1.54, 1.807) is 24.3 Å². The molecule has 0 saturated heterocycles. The molecule has 10 nitrogen and oxygen atoms in total. The summed E-state index contributed by atoms with van der Waals surface area (Å²) in [5.74, 6) is 0. The SMILES string of the molecule is NS(=O)(=O)c1ccc(C2(COCCCO[N+](=O)[O-])C=C(c3ccc(Cl)cc3)N=N2)cc1. The summed E-state index contributed by atoms with van der Waals surface area (Å²) in [4.78, 5) is 14.4. The minimum atomic E-state index is -3.84. The molecule has 164 valence electrons. The molecule has 2 aromatic rings. The van der Waals surface area contributed by atoms with Gasteiger partial charge in [-0.3, -0.25) is 0 Å². The predicted molar refractivity (Wildman–Crippen MR) is 112 cm³/mol. The number of sulfonamides is 1. The number of azo groups is 1. The predicted octanol–water partition coefficient (Wildman–Crippen LogP) is 3.30. The molecule has 0 spiro atoms.